The Morgan fingerprint density at radius 2 is 1.05 bits per heavy atom. The molecule has 372 valence electrons. The maximum Gasteiger partial charge on any atom is 0.220 e. The number of unbranched alkanes of at least 4 members (excludes halogenated alkanes) is 18. The zero-order valence-corrected chi connectivity index (χ0v) is 39.3. The van der Waals surface area contributed by atoms with Crippen molar-refractivity contribution in [1.82, 2.24) is 5.32 Å². The van der Waals surface area contributed by atoms with Gasteiger partial charge in [-0.2, -0.15) is 0 Å². The summed E-state index contributed by atoms with van der Waals surface area (Å²) in [6, 6.07) is -0.934. The first-order chi connectivity index (χ1) is 31.1. The Morgan fingerprint density at radius 3 is 1.66 bits per heavy atom. The van der Waals surface area contributed by atoms with Gasteiger partial charge in [-0.15, -0.1) is 0 Å². The van der Waals surface area contributed by atoms with Crippen LogP contribution >= 0.6 is 0 Å². The topological polar surface area (TPSA) is 228 Å². The van der Waals surface area contributed by atoms with E-state index >= 15 is 0 Å². The molecule has 0 saturated carbocycles. The zero-order chi connectivity index (χ0) is 46.8. The third-order valence-corrected chi connectivity index (χ3v) is 12.0. The molecule has 0 aliphatic carbocycles. The van der Waals surface area contributed by atoms with Gasteiger partial charge in [0.2, 0.25) is 5.91 Å². The molecular formula is C50H89NO13. The number of amides is 1. The van der Waals surface area contributed by atoms with E-state index in [9.17, 15) is 45.6 Å². The van der Waals surface area contributed by atoms with Crippen molar-refractivity contribution in [2.45, 2.75) is 242 Å². The molecule has 2 heterocycles. The molecule has 0 radical (unpaired) electrons. The fourth-order valence-electron chi connectivity index (χ4n) is 7.86. The summed E-state index contributed by atoms with van der Waals surface area (Å²) in [5.41, 5.74) is 0. The van der Waals surface area contributed by atoms with E-state index in [1.165, 1.54) is 83.5 Å². The summed E-state index contributed by atoms with van der Waals surface area (Å²) < 4.78 is 22.6. The standard InChI is InChI=1S/C50H89NO13/c1-3-5-7-9-11-13-15-17-18-19-20-22-24-26-28-30-32-34-42(55)51-38(39(54)33-31-29-27-25-23-21-16-14-12-10-8-6-4-2)37-61-49-47(60)45(58)48(41(36-53)63-49)64-50-46(59)44(57)43(56)40(35-52)62-50/h11,13,17-18,23,25,31,33,38-41,43-50,52-54,56-60H,3-10,12,14-16,19-22,24,26-30,32,34-37H2,1-2H3,(H,51,55)/b13-11-,18-17-,25-23+,33-31+. The summed E-state index contributed by atoms with van der Waals surface area (Å²) in [6.07, 6.45) is 25.8. The second-order valence-corrected chi connectivity index (χ2v) is 17.6. The van der Waals surface area contributed by atoms with Gasteiger partial charge in [-0.3, -0.25) is 4.79 Å². The molecule has 2 rings (SSSR count). The number of allylic oxidation sites excluding steroid dienone is 7. The average Bonchev–Trinajstić information content (AvgIpc) is 3.29. The van der Waals surface area contributed by atoms with E-state index in [-0.39, 0.29) is 18.9 Å². The van der Waals surface area contributed by atoms with Crippen LogP contribution in [0, 0.1) is 0 Å². The first-order valence-corrected chi connectivity index (χ1v) is 24.9. The molecule has 2 saturated heterocycles. The van der Waals surface area contributed by atoms with Gasteiger partial charge in [-0.25, -0.2) is 0 Å². The molecule has 9 N–H and O–H groups in total. The van der Waals surface area contributed by atoms with Crippen LogP contribution in [0.3, 0.4) is 0 Å². The monoisotopic (exact) mass is 912 g/mol. The lowest BCUT2D eigenvalue weighted by molar-refractivity contribution is -0.359. The molecule has 2 aliphatic rings. The predicted octanol–water partition coefficient (Wildman–Crippen LogP) is 6.10. The van der Waals surface area contributed by atoms with E-state index in [2.05, 4.69) is 55.6 Å². The fraction of sp³-hybridized carbons (Fsp3) is 0.820. The van der Waals surface area contributed by atoms with E-state index in [4.69, 9.17) is 18.9 Å². The van der Waals surface area contributed by atoms with Crippen LogP contribution in [0.4, 0.5) is 0 Å². The highest BCUT2D eigenvalue weighted by Gasteiger charge is 2.51. The Bertz CT molecular complexity index is 1260. The van der Waals surface area contributed by atoms with E-state index < -0.39 is 86.8 Å². The van der Waals surface area contributed by atoms with E-state index in [1.807, 2.05) is 6.08 Å². The van der Waals surface area contributed by atoms with Crippen LogP contribution in [0.1, 0.15) is 168 Å². The Labute approximate surface area is 384 Å². The molecular weight excluding hydrogens is 823 g/mol. The summed E-state index contributed by atoms with van der Waals surface area (Å²) in [6.45, 7) is 2.70. The molecule has 2 fully saturated rings. The number of carbonyl (C=O) groups is 1. The molecule has 0 aromatic rings. The van der Waals surface area contributed by atoms with Gasteiger partial charge in [0.1, 0.15) is 48.8 Å². The molecule has 14 nitrogen and oxygen atoms in total. The Balaban J connectivity index is 1.88. The lowest BCUT2D eigenvalue weighted by Gasteiger charge is -2.46. The summed E-state index contributed by atoms with van der Waals surface area (Å²) in [7, 11) is 0. The maximum absolute atomic E-state index is 13.1. The van der Waals surface area contributed by atoms with E-state index in [0.717, 1.165) is 51.4 Å². The number of hydrogen-bond acceptors (Lipinski definition) is 13. The number of aliphatic hydroxyl groups is 8. The van der Waals surface area contributed by atoms with Crippen LogP contribution in [-0.2, 0) is 23.7 Å². The predicted molar refractivity (Wildman–Crippen MR) is 249 cm³/mol. The summed E-state index contributed by atoms with van der Waals surface area (Å²) in [4.78, 5) is 13.1. The zero-order valence-electron chi connectivity index (χ0n) is 39.3. The van der Waals surface area contributed by atoms with Crippen LogP contribution in [0.15, 0.2) is 48.6 Å². The minimum absolute atomic E-state index is 0.261. The Morgan fingerprint density at radius 1 is 0.562 bits per heavy atom. The molecule has 14 heteroatoms. The highest BCUT2D eigenvalue weighted by molar-refractivity contribution is 5.76. The average molecular weight is 912 g/mol. The Kier molecular flexibility index (Phi) is 33.6. The first-order valence-electron chi connectivity index (χ1n) is 24.9. The van der Waals surface area contributed by atoms with Gasteiger partial charge < -0.3 is 65.1 Å². The van der Waals surface area contributed by atoms with Gasteiger partial charge in [0.15, 0.2) is 12.6 Å². The summed E-state index contributed by atoms with van der Waals surface area (Å²) >= 11 is 0. The normalized spacial score (nSPS) is 27.7. The molecule has 1 amide bonds. The van der Waals surface area contributed by atoms with Gasteiger partial charge in [0.05, 0.1) is 32.0 Å². The molecule has 64 heavy (non-hydrogen) atoms. The number of nitrogens with one attached hydrogen (secondary N) is 1. The summed E-state index contributed by atoms with van der Waals surface area (Å²) in [5, 5.41) is 86.6. The smallest absolute Gasteiger partial charge is 0.220 e. The van der Waals surface area contributed by atoms with Crippen molar-refractivity contribution in [3.8, 4) is 0 Å². The second kappa shape index (κ2) is 37.0. The molecule has 0 aromatic carbocycles. The van der Waals surface area contributed by atoms with Gasteiger partial charge in [0.25, 0.3) is 0 Å². The van der Waals surface area contributed by atoms with Gasteiger partial charge in [0, 0.05) is 6.42 Å². The summed E-state index contributed by atoms with van der Waals surface area (Å²) in [5.74, 6) is -0.261. The minimum atomic E-state index is -1.79. The fourth-order valence-corrected chi connectivity index (χ4v) is 7.86. The second-order valence-electron chi connectivity index (χ2n) is 17.6. The number of aliphatic hydroxyl groups excluding tert-OH is 8. The molecule has 2 aliphatic heterocycles. The van der Waals surface area contributed by atoms with Gasteiger partial charge in [-0.05, 0) is 64.2 Å². The van der Waals surface area contributed by atoms with Crippen LogP contribution in [0.2, 0.25) is 0 Å². The van der Waals surface area contributed by atoms with Crippen molar-refractivity contribution in [2.24, 2.45) is 0 Å². The molecule has 12 unspecified atom stereocenters. The minimum Gasteiger partial charge on any atom is -0.394 e. The van der Waals surface area contributed by atoms with Crippen molar-refractivity contribution in [2.75, 3.05) is 19.8 Å². The quantitative estimate of drug-likeness (QED) is 0.0254. The van der Waals surface area contributed by atoms with Crippen LogP contribution in [-0.4, -0.2) is 140 Å². The number of hydrogen-bond donors (Lipinski definition) is 9. The van der Waals surface area contributed by atoms with Crippen molar-refractivity contribution >= 4 is 5.91 Å². The van der Waals surface area contributed by atoms with Crippen molar-refractivity contribution < 1.29 is 64.6 Å². The first kappa shape index (κ1) is 58.1. The highest BCUT2D eigenvalue weighted by Crippen LogP contribution is 2.30. The van der Waals surface area contributed by atoms with E-state index in [1.54, 1.807) is 6.08 Å². The highest BCUT2D eigenvalue weighted by atomic mass is 16.7. The molecule has 12 atom stereocenters. The SMILES string of the molecule is CCCCC/C=C\C/C=C\CCCCCCCCCC(=O)NC(COC1OC(CO)C(OC2OC(CO)C(O)C(O)C2O)C(O)C1O)C(O)/C=C/CC/C=C/CCCCCCCCC. The molecule has 0 spiro atoms. The number of carbonyl (C=O) groups excluding carboxylic acids is 1. The molecule has 0 aromatic heterocycles. The Hall–Kier alpha value is -2.05. The van der Waals surface area contributed by atoms with Crippen LogP contribution in [0.25, 0.3) is 0 Å². The third kappa shape index (κ3) is 24.1. The lowest BCUT2D eigenvalue weighted by atomic mass is 9.97. The van der Waals surface area contributed by atoms with Crippen LogP contribution < -0.4 is 5.32 Å². The van der Waals surface area contributed by atoms with Crippen molar-refractivity contribution in [3.05, 3.63) is 48.6 Å². The van der Waals surface area contributed by atoms with Crippen molar-refractivity contribution in [3.63, 3.8) is 0 Å². The lowest BCUT2D eigenvalue weighted by Crippen LogP contribution is -2.65. The van der Waals surface area contributed by atoms with Crippen molar-refractivity contribution in [1.29, 1.82) is 0 Å². The molecule has 0 bridgehead atoms. The number of rotatable bonds is 37. The third-order valence-electron chi connectivity index (χ3n) is 12.0. The maximum atomic E-state index is 13.1. The number of ether oxygens (including phenoxy) is 4. The van der Waals surface area contributed by atoms with Gasteiger partial charge >= 0.3 is 0 Å². The van der Waals surface area contributed by atoms with Crippen LogP contribution in [0.5, 0.6) is 0 Å². The largest absolute Gasteiger partial charge is 0.394 e. The van der Waals surface area contributed by atoms with E-state index in [0.29, 0.717) is 12.8 Å². The van der Waals surface area contributed by atoms with Gasteiger partial charge in [-0.1, -0.05) is 146 Å².